The van der Waals surface area contributed by atoms with E-state index in [2.05, 4.69) is 0 Å². The van der Waals surface area contributed by atoms with E-state index in [0.29, 0.717) is 17.9 Å². The van der Waals surface area contributed by atoms with Gasteiger partial charge in [-0.2, -0.15) is 0 Å². The number of hydrogen-bond acceptors (Lipinski definition) is 3. The molecule has 0 aromatic heterocycles. The molecule has 1 fully saturated rings. The van der Waals surface area contributed by atoms with Crippen molar-refractivity contribution in [1.29, 1.82) is 0 Å². The van der Waals surface area contributed by atoms with Gasteiger partial charge >= 0.3 is 0 Å². The summed E-state index contributed by atoms with van der Waals surface area (Å²) in [5.41, 5.74) is -0.694. The topological polar surface area (TPSA) is 32.8 Å². The number of nitrogens with zero attached hydrogens (tertiary/aromatic N) is 2. The lowest BCUT2D eigenvalue weighted by Gasteiger charge is -2.36. The number of carbonyl (C=O) groups is 1. The molecule has 0 aliphatic carbocycles. The molecule has 0 N–H and O–H groups in total. The summed E-state index contributed by atoms with van der Waals surface area (Å²) in [6.07, 6.45) is 0. The number of piperazine rings is 1. The van der Waals surface area contributed by atoms with Gasteiger partial charge in [0, 0.05) is 31.7 Å². The summed E-state index contributed by atoms with van der Waals surface area (Å²) in [7, 11) is 0. The molecule has 10 heteroatoms. The molecule has 0 radical (unpaired) electrons. The van der Waals surface area contributed by atoms with Gasteiger partial charge in [0.2, 0.25) is 5.82 Å². The molecule has 1 heterocycles. The summed E-state index contributed by atoms with van der Waals surface area (Å²) in [6.45, 7) is 2.06. The molecule has 1 aliphatic heterocycles. The second kappa shape index (κ2) is 8.44. The van der Waals surface area contributed by atoms with Crippen LogP contribution in [0.15, 0.2) is 18.2 Å². The van der Waals surface area contributed by atoms with Crippen molar-refractivity contribution in [3.8, 4) is 5.75 Å². The predicted octanol–water partition coefficient (Wildman–Crippen LogP) is 4.40. The highest BCUT2D eigenvalue weighted by Crippen LogP contribution is 2.31. The molecule has 0 saturated carbocycles. The molecule has 1 aliphatic rings. The summed E-state index contributed by atoms with van der Waals surface area (Å²) in [5, 5.41) is 0.262. The van der Waals surface area contributed by atoms with E-state index in [1.807, 2.05) is 0 Å². The Labute approximate surface area is 168 Å². The van der Waals surface area contributed by atoms with Gasteiger partial charge in [-0.25, -0.2) is 22.0 Å². The second-order valence-electron chi connectivity index (χ2n) is 6.28. The van der Waals surface area contributed by atoms with Gasteiger partial charge in [0.05, 0.1) is 11.6 Å². The van der Waals surface area contributed by atoms with Gasteiger partial charge in [-0.05, 0) is 25.1 Å². The van der Waals surface area contributed by atoms with E-state index < -0.39 is 34.8 Å². The fraction of sp³-hybridized carbons (Fsp3) is 0.316. The zero-order valence-corrected chi connectivity index (χ0v) is 16.0. The summed E-state index contributed by atoms with van der Waals surface area (Å²) in [4.78, 5) is 15.1. The quantitative estimate of drug-likeness (QED) is 0.406. The lowest BCUT2D eigenvalue weighted by atomic mass is 10.1. The van der Waals surface area contributed by atoms with E-state index in [4.69, 9.17) is 16.3 Å². The van der Waals surface area contributed by atoms with Crippen LogP contribution < -0.4 is 9.64 Å². The first-order chi connectivity index (χ1) is 13.8. The molecule has 156 valence electrons. The van der Waals surface area contributed by atoms with Gasteiger partial charge in [-0.1, -0.05) is 11.6 Å². The minimum absolute atomic E-state index is 0.0309. The summed E-state index contributed by atoms with van der Waals surface area (Å²) >= 11 is 6.08. The Hall–Kier alpha value is -2.55. The molecule has 2 aromatic rings. The summed E-state index contributed by atoms with van der Waals surface area (Å²) in [5.74, 6) is -9.92. The van der Waals surface area contributed by atoms with E-state index in [1.54, 1.807) is 13.0 Å². The number of halogens is 6. The Morgan fingerprint density at radius 1 is 0.966 bits per heavy atom. The Kier molecular flexibility index (Phi) is 6.16. The van der Waals surface area contributed by atoms with Crippen LogP contribution in [-0.2, 0) is 0 Å². The first kappa shape index (κ1) is 21.2. The number of ether oxygens (including phenoxy) is 1. The van der Waals surface area contributed by atoms with E-state index >= 15 is 0 Å². The van der Waals surface area contributed by atoms with Crippen molar-refractivity contribution in [2.75, 3.05) is 37.7 Å². The number of carbonyl (C=O) groups excluding carboxylic acids is 1. The molecule has 3 rings (SSSR count). The van der Waals surface area contributed by atoms with E-state index in [9.17, 15) is 26.7 Å². The third-order valence-electron chi connectivity index (χ3n) is 4.55. The van der Waals surface area contributed by atoms with Gasteiger partial charge in [-0.3, -0.25) is 4.79 Å². The SMILES string of the molecule is CCOc1ccc(C(=O)N2CCN(c3c(F)c(F)c(F)c(F)c3F)CC2)cc1Cl. The maximum absolute atomic E-state index is 14.0. The largest absolute Gasteiger partial charge is 0.492 e. The molecule has 0 unspecified atom stereocenters. The molecular formula is C19H16ClF5N2O2. The van der Waals surface area contributed by atoms with Crippen LogP contribution in [0, 0.1) is 29.1 Å². The van der Waals surface area contributed by atoms with Crippen LogP contribution >= 0.6 is 11.6 Å². The molecule has 2 aromatic carbocycles. The number of hydrogen-bond donors (Lipinski definition) is 0. The highest BCUT2D eigenvalue weighted by molar-refractivity contribution is 6.32. The first-order valence-electron chi connectivity index (χ1n) is 8.74. The Morgan fingerprint density at radius 2 is 1.52 bits per heavy atom. The second-order valence-corrected chi connectivity index (χ2v) is 6.68. The van der Waals surface area contributed by atoms with Crippen molar-refractivity contribution in [3.05, 3.63) is 57.9 Å². The smallest absolute Gasteiger partial charge is 0.254 e. The zero-order valence-electron chi connectivity index (χ0n) is 15.2. The molecule has 1 amide bonds. The third kappa shape index (κ3) is 3.96. The minimum atomic E-state index is -2.20. The van der Waals surface area contributed by atoms with Crippen molar-refractivity contribution in [3.63, 3.8) is 0 Å². The summed E-state index contributed by atoms with van der Waals surface area (Å²) in [6, 6.07) is 4.55. The van der Waals surface area contributed by atoms with E-state index in [0.717, 1.165) is 4.90 Å². The van der Waals surface area contributed by atoms with Crippen molar-refractivity contribution >= 4 is 23.2 Å². The van der Waals surface area contributed by atoms with Crippen LogP contribution in [0.1, 0.15) is 17.3 Å². The van der Waals surface area contributed by atoms with Crippen molar-refractivity contribution in [2.45, 2.75) is 6.92 Å². The van der Waals surface area contributed by atoms with Crippen LogP contribution in [0.25, 0.3) is 0 Å². The fourth-order valence-corrected chi connectivity index (χ4v) is 3.33. The molecule has 0 atom stereocenters. The van der Waals surface area contributed by atoms with Crippen molar-refractivity contribution < 1.29 is 31.5 Å². The normalized spacial score (nSPS) is 14.3. The molecule has 0 bridgehead atoms. The van der Waals surface area contributed by atoms with Crippen LogP contribution in [0.2, 0.25) is 5.02 Å². The maximum Gasteiger partial charge on any atom is 0.254 e. The number of amides is 1. The van der Waals surface area contributed by atoms with Gasteiger partial charge in [0.1, 0.15) is 11.4 Å². The summed E-state index contributed by atoms with van der Waals surface area (Å²) < 4.78 is 73.4. The van der Waals surface area contributed by atoms with Gasteiger partial charge < -0.3 is 14.5 Å². The van der Waals surface area contributed by atoms with Crippen LogP contribution in [0.5, 0.6) is 5.75 Å². The average Bonchev–Trinajstić information content (AvgIpc) is 2.72. The third-order valence-corrected chi connectivity index (χ3v) is 4.84. The molecular weight excluding hydrogens is 419 g/mol. The van der Waals surface area contributed by atoms with Gasteiger partial charge in [0.25, 0.3) is 5.91 Å². The standard InChI is InChI=1S/C19H16ClF5N2O2/c1-2-29-12-4-3-10(9-11(12)20)19(28)27-7-5-26(6-8-27)18-16(24)14(22)13(21)15(23)17(18)25/h3-4,9H,2,5-8H2,1H3. The Bertz CT molecular complexity index is 920. The molecule has 4 nitrogen and oxygen atoms in total. The fourth-order valence-electron chi connectivity index (χ4n) is 3.09. The van der Waals surface area contributed by atoms with Crippen LogP contribution in [0.3, 0.4) is 0 Å². The van der Waals surface area contributed by atoms with Crippen LogP contribution in [-0.4, -0.2) is 43.6 Å². The van der Waals surface area contributed by atoms with Gasteiger partial charge in [0.15, 0.2) is 23.3 Å². The zero-order chi connectivity index (χ0) is 21.3. The maximum atomic E-state index is 14.0. The lowest BCUT2D eigenvalue weighted by Crippen LogP contribution is -2.49. The first-order valence-corrected chi connectivity index (χ1v) is 9.12. The van der Waals surface area contributed by atoms with Gasteiger partial charge in [-0.15, -0.1) is 0 Å². The molecule has 1 saturated heterocycles. The number of anilines is 1. The van der Waals surface area contributed by atoms with Crippen molar-refractivity contribution in [1.82, 2.24) is 4.90 Å². The Morgan fingerprint density at radius 3 is 2.03 bits per heavy atom. The highest BCUT2D eigenvalue weighted by Gasteiger charge is 2.31. The van der Waals surface area contributed by atoms with Crippen LogP contribution in [0.4, 0.5) is 27.6 Å². The van der Waals surface area contributed by atoms with Crippen molar-refractivity contribution in [2.24, 2.45) is 0 Å². The monoisotopic (exact) mass is 434 g/mol. The predicted molar refractivity (Wildman–Crippen MR) is 97.0 cm³/mol. The number of benzene rings is 2. The molecule has 29 heavy (non-hydrogen) atoms. The number of rotatable bonds is 4. The highest BCUT2D eigenvalue weighted by atomic mass is 35.5. The Balaban J connectivity index is 1.75. The van der Waals surface area contributed by atoms with E-state index in [1.165, 1.54) is 17.0 Å². The molecule has 0 spiro atoms. The minimum Gasteiger partial charge on any atom is -0.492 e. The lowest BCUT2D eigenvalue weighted by molar-refractivity contribution is 0.0746. The average molecular weight is 435 g/mol. The van der Waals surface area contributed by atoms with E-state index in [-0.39, 0.29) is 37.1 Å².